The van der Waals surface area contributed by atoms with Crippen molar-refractivity contribution in [3.8, 4) is 0 Å². The van der Waals surface area contributed by atoms with E-state index in [4.69, 9.17) is 0 Å². The van der Waals surface area contributed by atoms with Crippen molar-refractivity contribution in [2.45, 2.75) is 45.3 Å². The van der Waals surface area contributed by atoms with Gasteiger partial charge in [0.2, 0.25) is 5.91 Å². The number of piperidine rings is 1. The molecule has 1 fully saturated rings. The van der Waals surface area contributed by atoms with Gasteiger partial charge in [0.05, 0.1) is 5.92 Å². The first-order valence-electron chi connectivity index (χ1n) is 6.42. The predicted octanol–water partition coefficient (Wildman–Crippen LogP) is 2.18. The third-order valence-electron chi connectivity index (χ3n) is 3.19. The molecule has 0 radical (unpaired) electrons. The molecule has 1 amide bonds. The molecule has 1 rings (SSSR count). The fourth-order valence-corrected chi connectivity index (χ4v) is 2.22. The van der Waals surface area contributed by atoms with Crippen LogP contribution in [0.1, 0.15) is 33.1 Å². The van der Waals surface area contributed by atoms with E-state index in [1.54, 1.807) is 6.92 Å². The molecule has 0 bridgehead atoms. The normalized spacial score (nSPS) is 24.9. The Morgan fingerprint density at radius 3 is 2.50 bits per heavy atom. The minimum Gasteiger partial charge on any atom is -0.333 e. The van der Waals surface area contributed by atoms with Crippen molar-refractivity contribution in [1.29, 1.82) is 0 Å². The van der Waals surface area contributed by atoms with Crippen molar-refractivity contribution < 1.29 is 18.0 Å². The molecule has 6 heteroatoms. The van der Waals surface area contributed by atoms with Crippen LogP contribution in [0.5, 0.6) is 0 Å². The minimum absolute atomic E-state index is 0.171. The Morgan fingerprint density at radius 1 is 1.39 bits per heavy atom. The lowest BCUT2D eigenvalue weighted by atomic mass is 9.94. The van der Waals surface area contributed by atoms with E-state index in [1.807, 2.05) is 6.92 Å². The molecular formula is C12H21F3N2O. The van der Waals surface area contributed by atoms with Crippen LogP contribution in [-0.4, -0.2) is 42.7 Å². The molecule has 106 valence electrons. The van der Waals surface area contributed by atoms with Gasteiger partial charge >= 0.3 is 6.18 Å². The Morgan fingerprint density at radius 2 is 2.06 bits per heavy atom. The van der Waals surface area contributed by atoms with Gasteiger partial charge in [-0.1, -0.05) is 6.92 Å². The molecule has 0 aromatic heterocycles. The summed E-state index contributed by atoms with van der Waals surface area (Å²) in [6.45, 7) is 3.31. The minimum atomic E-state index is -4.32. The molecule has 1 N–H and O–H groups in total. The summed E-state index contributed by atoms with van der Waals surface area (Å²) in [7, 11) is 0. The zero-order valence-corrected chi connectivity index (χ0v) is 10.9. The van der Waals surface area contributed by atoms with E-state index in [0.29, 0.717) is 25.4 Å². The molecule has 2 atom stereocenters. The predicted molar refractivity (Wildman–Crippen MR) is 63.1 cm³/mol. The Labute approximate surface area is 106 Å². The number of carbonyl (C=O) groups is 1. The van der Waals surface area contributed by atoms with Crippen molar-refractivity contribution >= 4 is 5.91 Å². The second-order valence-corrected chi connectivity index (χ2v) is 4.96. The van der Waals surface area contributed by atoms with Crippen LogP contribution in [0.25, 0.3) is 0 Å². The van der Waals surface area contributed by atoms with Crippen LogP contribution in [0.4, 0.5) is 13.2 Å². The van der Waals surface area contributed by atoms with E-state index in [1.165, 1.54) is 0 Å². The summed E-state index contributed by atoms with van der Waals surface area (Å²) < 4.78 is 37.2. The smallest absolute Gasteiger partial charge is 0.333 e. The Balaban J connectivity index is 2.59. The summed E-state index contributed by atoms with van der Waals surface area (Å²) in [6, 6.07) is 0.344. The quantitative estimate of drug-likeness (QED) is 0.846. The molecule has 2 unspecified atom stereocenters. The van der Waals surface area contributed by atoms with E-state index in [9.17, 15) is 18.0 Å². The van der Waals surface area contributed by atoms with Crippen LogP contribution in [0.15, 0.2) is 0 Å². The van der Waals surface area contributed by atoms with Crippen molar-refractivity contribution in [3.63, 3.8) is 0 Å². The largest absolute Gasteiger partial charge is 0.406 e. The maximum atomic E-state index is 12.4. The number of amides is 1. The highest BCUT2D eigenvalue weighted by molar-refractivity contribution is 5.79. The van der Waals surface area contributed by atoms with E-state index >= 15 is 0 Å². The van der Waals surface area contributed by atoms with Crippen LogP contribution >= 0.6 is 0 Å². The summed E-state index contributed by atoms with van der Waals surface area (Å²) in [5, 5.41) is 3.14. The van der Waals surface area contributed by atoms with Gasteiger partial charge in [-0.15, -0.1) is 0 Å². The van der Waals surface area contributed by atoms with Gasteiger partial charge in [0.25, 0.3) is 0 Å². The molecule has 0 aromatic carbocycles. The SMILES string of the molecule is CCCN(CC(F)(F)F)C(=O)C1CCC(C)NC1. The zero-order valence-electron chi connectivity index (χ0n) is 10.9. The second-order valence-electron chi connectivity index (χ2n) is 4.96. The van der Waals surface area contributed by atoms with Crippen molar-refractivity contribution in [1.82, 2.24) is 10.2 Å². The van der Waals surface area contributed by atoms with Gasteiger partial charge in [0.1, 0.15) is 6.54 Å². The molecule has 1 heterocycles. The zero-order chi connectivity index (χ0) is 13.8. The monoisotopic (exact) mass is 266 g/mol. The van der Waals surface area contributed by atoms with Gasteiger partial charge in [0.15, 0.2) is 0 Å². The number of nitrogens with zero attached hydrogens (tertiary/aromatic N) is 1. The standard InChI is InChI=1S/C12H21F3N2O/c1-3-6-17(8-12(13,14)15)11(18)10-5-4-9(2)16-7-10/h9-10,16H,3-8H2,1-2H3. The topological polar surface area (TPSA) is 32.3 Å². The Bertz CT molecular complexity index is 273. The first-order chi connectivity index (χ1) is 8.33. The molecule has 3 nitrogen and oxygen atoms in total. The van der Waals surface area contributed by atoms with Crippen LogP contribution in [0.3, 0.4) is 0 Å². The summed E-state index contributed by atoms with van der Waals surface area (Å²) in [6.07, 6.45) is -2.27. The Kier molecular flexibility index (Phi) is 5.44. The maximum Gasteiger partial charge on any atom is 0.406 e. The number of hydrogen-bond donors (Lipinski definition) is 1. The van der Waals surface area contributed by atoms with E-state index in [0.717, 1.165) is 11.3 Å². The van der Waals surface area contributed by atoms with Gasteiger partial charge < -0.3 is 10.2 Å². The summed E-state index contributed by atoms with van der Waals surface area (Å²) in [5.41, 5.74) is 0. The molecule has 0 saturated carbocycles. The van der Waals surface area contributed by atoms with Crippen LogP contribution < -0.4 is 5.32 Å². The highest BCUT2D eigenvalue weighted by atomic mass is 19.4. The van der Waals surface area contributed by atoms with Gasteiger partial charge in [-0.2, -0.15) is 13.2 Å². The van der Waals surface area contributed by atoms with E-state index in [-0.39, 0.29) is 18.4 Å². The van der Waals surface area contributed by atoms with Gasteiger partial charge in [0, 0.05) is 19.1 Å². The lowest BCUT2D eigenvalue weighted by Gasteiger charge is -2.32. The number of carbonyl (C=O) groups excluding carboxylic acids is 1. The van der Waals surface area contributed by atoms with E-state index in [2.05, 4.69) is 5.32 Å². The molecular weight excluding hydrogens is 245 g/mol. The van der Waals surface area contributed by atoms with Crippen LogP contribution in [0.2, 0.25) is 0 Å². The maximum absolute atomic E-state index is 12.4. The van der Waals surface area contributed by atoms with Gasteiger partial charge in [-0.05, 0) is 26.2 Å². The molecule has 0 spiro atoms. The molecule has 1 saturated heterocycles. The first-order valence-corrected chi connectivity index (χ1v) is 6.42. The summed E-state index contributed by atoms with van der Waals surface area (Å²) in [4.78, 5) is 13.0. The molecule has 18 heavy (non-hydrogen) atoms. The van der Waals surface area contributed by atoms with Crippen LogP contribution in [0, 0.1) is 5.92 Å². The lowest BCUT2D eigenvalue weighted by Crippen LogP contribution is -2.48. The lowest BCUT2D eigenvalue weighted by molar-refractivity contribution is -0.164. The molecule has 1 aliphatic rings. The summed E-state index contributed by atoms with van der Waals surface area (Å²) >= 11 is 0. The number of nitrogens with one attached hydrogen (secondary N) is 1. The van der Waals surface area contributed by atoms with Crippen molar-refractivity contribution in [2.24, 2.45) is 5.92 Å². The first kappa shape index (κ1) is 15.3. The summed E-state index contributed by atoms with van der Waals surface area (Å²) in [5.74, 6) is -0.677. The van der Waals surface area contributed by atoms with Gasteiger partial charge in [-0.3, -0.25) is 4.79 Å². The molecule has 0 aromatic rings. The van der Waals surface area contributed by atoms with Gasteiger partial charge in [-0.25, -0.2) is 0 Å². The third-order valence-corrected chi connectivity index (χ3v) is 3.19. The number of rotatable bonds is 4. The van der Waals surface area contributed by atoms with Crippen LogP contribution in [-0.2, 0) is 4.79 Å². The number of halogens is 3. The van der Waals surface area contributed by atoms with Crippen molar-refractivity contribution in [3.05, 3.63) is 0 Å². The highest BCUT2D eigenvalue weighted by Gasteiger charge is 2.35. The number of alkyl halides is 3. The fraction of sp³-hybridized carbons (Fsp3) is 0.917. The average molecular weight is 266 g/mol. The molecule has 0 aliphatic carbocycles. The van der Waals surface area contributed by atoms with E-state index < -0.39 is 12.7 Å². The highest BCUT2D eigenvalue weighted by Crippen LogP contribution is 2.21. The fourth-order valence-electron chi connectivity index (χ4n) is 2.22. The Hall–Kier alpha value is -0.780. The average Bonchev–Trinajstić information content (AvgIpc) is 2.27. The third kappa shape index (κ3) is 4.84. The van der Waals surface area contributed by atoms with Crippen molar-refractivity contribution in [2.75, 3.05) is 19.6 Å². The second kappa shape index (κ2) is 6.41. The molecule has 1 aliphatic heterocycles. The number of hydrogen-bond acceptors (Lipinski definition) is 2.